The molecule has 4 nitrogen and oxygen atoms in total. The molecule has 0 aliphatic carbocycles. The lowest BCUT2D eigenvalue weighted by Gasteiger charge is -2.35. The Labute approximate surface area is 131 Å². The summed E-state index contributed by atoms with van der Waals surface area (Å²) in [6.07, 6.45) is 1.93. The number of likely N-dealkylation sites (tertiary alicyclic amines) is 1. The van der Waals surface area contributed by atoms with Gasteiger partial charge in [0, 0.05) is 30.1 Å². The molecular formula is C16H26N2O2S. The standard InChI is InChI=1S/C16H26N2O2S/c1-12(14-8-6-10-21-14)17-13-7-5-9-18(11-13)15(19)20-16(2,3)4/h6,8,10,12-13,17H,5,7,9,11H2,1-4H3/t12-,13-/m1/s1. The third kappa shape index (κ3) is 5.00. The van der Waals surface area contributed by atoms with Gasteiger partial charge in [-0.3, -0.25) is 0 Å². The molecule has 5 heteroatoms. The summed E-state index contributed by atoms with van der Waals surface area (Å²) in [6, 6.07) is 4.89. The summed E-state index contributed by atoms with van der Waals surface area (Å²) in [5, 5.41) is 5.73. The second-order valence-corrected chi connectivity index (χ2v) is 7.65. The lowest BCUT2D eigenvalue weighted by atomic mass is 10.0. The second-order valence-electron chi connectivity index (χ2n) is 6.67. The van der Waals surface area contributed by atoms with E-state index in [-0.39, 0.29) is 6.09 Å². The Balaban J connectivity index is 1.87. The molecule has 1 aliphatic rings. The number of thiophene rings is 1. The maximum absolute atomic E-state index is 12.2. The number of nitrogens with one attached hydrogen (secondary N) is 1. The number of hydrogen-bond acceptors (Lipinski definition) is 4. The van der Waals surface area contributed by atoms with E-state index in [0.29, 0.717) is 12.1 Å². The van der Waals surface area contributed by atoms with Crippen LogP contribution in [-0.2, 0) is 4.74 Å². The van der Waals surface area contributed by atoms with Crippen molar-refractivity contribution in [2.24, 2.45) is 0 Å². The topological polar surface area (TPSA) is 41.6 Å². The van der Waals surface area contributed by atoms with Crippen molar-refractivity contribution in [2.45, 2.75) is 58.2 Å². The molecule has 2 atom stereocenters. The van der Waals surface area contributed by atoms with E-state index in [1.54, 1.807) is 11.3 Å². The van der Waals surface area contributed by atoms with Crippen molar-refractivity contribution in [3.8, 4) is 0 Å². The molecule has 0 aromatic carbocycles. The zero-order valence-electron chi connectivity index (χ0n) is 13.4. The Morgan fingerprint density at radius 1 is 1.52 bits per heavy atom. The van der Waals surface area contributed by atoms with Crippen molar-refractivity contribution in [1.82, 2.24) is 10.2 Å². The van der Waals surface area contributed by atoms with E-state index in [1.807, 2.05) is 25.7 Å². The molecule has 0 radical (unpaired) electrons. The third-order valence-electron chi connectivity index (χ3n) is 3.53. The molecule has 1 aromatic rings. The maximum atomic E-state index is 12.2. The summed E-state index contributed by atoms with van der Waals surface area (Å²) in [4.78, 5) is 15.3. The minimum absolute atomic E-state index is 0.197. The normalized spacial score (nSPS) is 21.1. The van der Waals surface area contributed by atoms with Crippen LogP contribution >= 0.6 is 11.3 Å². The maximum Gasteiger partial charge on any atom is 0.410 e. The molecule has 0 bridgehead atoms. The van der Waals surface area contributed by atoms with Gasteiger partial charge in [0.05, 0.1) is 0 Å². The number of nitrogens with zero attached hydrogens (tertiary/aromatic N) is 1. The van der Waals surface area contributed by atoms with Gasteiger partial charge in [0.25, 0.3) is 0 Å². The van der Waals surface area contributed by atoms with E-state index in [4.69, 9.17) is 4.74 Å². The number of carbonyl (C=O) groups is 1. The Kier molecular flexibility index (Phi) is 5.27. The smallest absolute Gasteiger partial charge is 0.410 e. The van der Waals surface area contributed by atoms with Gasteiger partial charge in [-0.2, -0.15) is 0 Å². The number of amides is 1. The zero-order chi connectivity index (χ0) is 15.5. The highest BCUT2D eigenvalue weighted by atomic mass is 32.1. The predicted molar refractivity (Wildman–Crippen MR) is 86.7 cm³/mol. The van der Waals surface area contributed by atoms with Crippen molar-refractivity contribution < 1.29 is 9.53 Å². The molecule has 1 amide bonds. The van der Waals surface area contributed by atoms with Gasteiger partial charge in [-0.15, -0.1) is 11.3 Å². The summed E-state index contributed by atoms with van der Waals surface area (Å²) in [6.45, 7) is 9.42. The van der Waals surface area contributed by atoms with E-state index < -0.39 is 5.60 Å². The molecule has 0 saturated carbocycles. The van der Waals surface area contributed by atoms with Crippen molar-refractivity contribution >= 4 is 17.4 Å². The quantitative estimate of drug-likeness (QED) is 0.923. The van der Waals surface area contributed by atoms with Gasteiger partial charge in [0.1, 0.15) is 5.60 Å². The molecule has 118 valence electrons. The van der Waals surface area contributed by atoms with Gasteiger partial charge in [0.2, 0.25) is 0 Å². The summed E-state index contributed by atoms with van der Waals surface area (Å²) in [7, 11) is 0. The fourth-order valence-corrected chi connectivity index (χ4v) is 3.32. The fourth-order valence-electron chi connectivity index (χ4n) is 2.58. The molecule has 1 aromatic heterocycles. The van der Waals surface area contributed by atoms with E-state index in [2.05, 4.69) is 29.8 Å². The van der Waals surface area contributed by atoms with Crippen LogP contribution in [0.4, 0.5) is 4.79 Å². The first-order valence-electron chi connectivity index (χ1n) is 7.62. The van der Waals surface area contributed by atoms with Gasteiger partial charge in [-0.1, -0.05) is 6.07 Å². The SMILES string of the molecule is C[C@@H](N[C@@H]1CCCN(C(=O)OC(C)(C)C)C1)c1cccs1. The lowest BCUT2D eigenvalue weighted by Crippen LogP contribution is -2.49. The average Bonchev–Trinajstić information content (AvgIpc) is 2.91. The molecule has 1 saturated heterocycles. The Hall–Kier alpha value is -1.07. The fraction of sp³-hybridized carbons (Fsp3) is 0.688. The monoisotopic (exact) mass is 310 g/mol. The highest BCUT2D eigenvalue weighted by molar-refractivity contribution is 7.10. The van der Waals surface area contributed by atoms with Crippen molar-refractivity contribution in [1.29, 1.82) is 0 Å². The molecule has 1 fully saturated rings. The van der Waals surface area contributed by atoms with Crippen molar-refractivity contribution in [3.05, 3.63) is 22.4 Å². The van der Waals surface area contributed by atoms with Crippen LogP contribution in [0, 0.1) is 0 Å². The van der Waals surface area contributed by atoms with Crippen LogP contribution in [-0.4, -0.2) is 35.7 Å². The van der Waals surface area contributed by atoms with Crippen LogP contribution in [0.1, 0.15) is 51.5 Å². The third-order valence-corrected chi connectivity index (χ3v) is 4.58. The minimum atomic E-state index is -0.429. The molecule has 2 heterocycles. The number of carbonyl (C=O) groups excluding carboxylic acids is 1. The van der Waals surface area contributed by atoms with Gasteiger partial charge in [-0.05, 0) is 52.0 Å². The minimum Gasteiger partial charge on any atom is -0.444 e. The molecule has 21 heavy (non-hydrogen) atoms. The van der Waals surface area contributed by atoms with Crippen molar-refractivity contribution in [3.63, 3.8) is 0 Å². The zero-order valence-corrected chi connectivity index (χ0v) is 14.2. The Morgan fingerprint density at radius 3 is 2.90 bits per heavy atom. The summed E-state index contributed by atoms with van der Waals surface area (Å²) >= 11 is 1.77. The average molecular weight is 310 g/mol. The predicted octanol–water partition coefficient (Wildman–Crippen LogP) is 3.80. The number of rotatable bonds is 3. The van der Waals surface area contributed by atoms with Gasteiger partial charge < -0.3 is 15.0 Å². The summed E-state index contributed by atoms with van der Waals surface area (Å²) in [5.74, 6) is 0. The molecule has 0 spiro atoms. The van der Waals surface area contributed by atoms with Crippen LogP contribution in [0.15, 0.2) is 17.5 Å². The molecule has 1 N–H and O–H groups in total. The summed E-state index contributed by atoms with van der Waals surface area (Å²) in [5.41, 5.74) is -0.429. The van der Waals surface area contributed by atoms with Crippen LogP contribution in [0.5, 0.6) is 0 Å². The number of hydrogen-bond donors (Lipinski definition) is 1. The Bertz CT molecular complexity index is 453. The van der Waals surface area contributed by atoms with Crippen LogP contribution < -0.4 is 5.32 Å². The first-order valence-corrected chi connectivity index (χ1v) is 8.50. The Morgan fingerprint density at radius 2 is 2.29 bits per heavy atom. The highest BCUT2D eigenvalue weighted by Gasteiger charge is 2.28. The number of piperidine rings is 1. The largest absolute Gasteiger partial charge is 0.444 e. The van der Waals surface area contributed by atoms with Gasteiger partial charge in [0.15, 0.2) is 0 Å². The first-order chi connectivity index (χ1) is 9.85. The van der Waals surface area contributed by atoms with Gasteiger partial charge >= 0.3 is 6.09 Å². The molecule has 0 unspecified atom stereocenters. The van der Waals surface area contributed by atoms with Crippen molar-refractivity contribution in [2.75, 3.05) is 13.1 Å². The van der Waals surface area contributed by atoms with E-state index in [1.165, 1.54) is 4.88 Å². The molecule has 2 rings (SSSR count). The summed E-state index contributed by atoms with van der Waals surface area (Å²) < 4.78 is 5.46. The van der Waals surface area contributed by atoms with E-state index in [0.717, 1.165) is 25.9 Å². The van der Waals surface area contributed by atoms with E-state index in [9.17, 15) is 4.79 Å². The van der Waals surface area contributed by atoms with Gasteiger partial charge in [-0.25, -0.2) is 4.79 Å². The lowest BCUT2D eigenvalue weighted by molar-refractivity contribution is 0.0184. The molecular weight excluding hydrogens is 284 g/mol. The number of ether oxygens (including phenoxy) is 1. The highest BCUT2D eigenvalue weighted by Crippen LogP contribution is 2.21. The first kappa shape index (κ1) is 16.3. The van der Waals surface area contributed by atoms with Crippen LogP contribution in [0.25, 0.3) is 0 Å². The van der Waals surface area contributed by atoms with E-state index >= 15 is 0 Å². The van der Waals surface area contributed by atoms with Crippen LogP contribution in [0.2, 0.25) is 0 Å². The van der Waals surface area contributed by atoms with Crippen LogP contribution in [0.3, 0.4) is 0 Å². The second kappa shape index (κ2) is 6.79. The molecule has 1 aliphatic heterocycles.